The average molecular weight is 1220 g/mol. The smallest absolute Gasteiger partial charge is 0.355 e. The number of nitrogens with zero attached hydrogens (tertiary/aromatic N) is 9. The summed E-state index contributed by atoms with van der Waals surface area (Å²) in [5.41, 5.74) is 13.8. The fourth-order valence-electron chi connectivity index (χ4n) is 17.3. The second-order valence-electron chi connectivity index (χ2n) is 27.7. The number of pyridine rings is 1. The number of likely N-dealkylation sites (N-methyl/N-ethyl adjacent to an activating group) is 1. The van der Waals surface area contributed by atoms with E-state index in [2.05, 4.69) is 51.8 Å². The summed E-state index contributed by atoms with van der Waals surface area (Å²) in [5.74, 6) is -0.485. The normalized spacial score (nSPS) is 26.2. The van der Waals surface area contributed by atoms with Crippen molar-refractivity contribution < 1.29 is 33.8 Å². The number of ether oxygens (including phenoxy) is 1. The molecule has 3 aromatic heterocycles. The number of imide groups is 1. The topological polar surface area (TPSA) is 246 Å². The van der Waals surface area contributed by atoms with Gasteiger partial charge in [-0.15, -0.1) is 0 Å². The lowest BCUT2D eigenvalue weighted by molar-refractivity contribution is -0.248. The Morgan fingerprint density at radius 3 is 2.36 bits per heavy atom. The van der Waals surface area contributed by atoms with Gasteiger partial charge in [-0.05, 0) is 180 Å². The van der Waals surface area contributed by atoms with Crippen LogP contribution in [0.5, 0.6) is 0 Å². The summed E-state index contributed by atoms with van der Waals surface area (Å²) >= 11 is 1.46. The number of carbonyl (C=O) groups excluding carboxylic acids is 4. The van der Waals surface area contributed by atoms with Crippen molar-refractivity contribution in [3.8, 4) is 11.1 Å². The molecule has 5 aromatic rings. The molecule has 88 heavy (non-hydrogen) atoms. The van der Waals surface area contributed by atoms with Gasteiger partial charge in [-0.2, -0.15) is 5.10 Å². The number of carboxylic acid groups (broad SMARTS) is 1. The number of anilines is 1. The molecule has 8 aliphatic rings. The van der Waals surface area contributed by atoms with E-state index in [1.807, 2.05) is 67.3 Å². The van der Waals surface area contributed by atoms with Gasteiger partial charge < -0.3 is 35.2 Å². The summed E-state index contributed by atoms with van der Waals surface area (Å²) in [6.07, 6.45) is 19.2. The van der Waals surface area contributed by atoms with Crippen LogP contribution in [0.3, 0.4) is 0 Å². The molecule has 3 unspecified atom stereocenters. The minimum Gasteiger partial charge on any atom is -0.476 e. The molecule has 7 fully saturated rings. The molecule has 4 saturated carbocycles. The molecule has 466 valence electrons. The fraction of sp³-hybridized carbons (Fsp3) is 0.559. The van der Waals surface area contributed by atoms with Crippen LogP contribution < -0.4 is 16.0 Å². The van der Waals surface area contributed by atoms with Gasteiger partial charge in [-0.1, -0.05) is 75.1 Å². The Morgan fingerprint density at radius 1 is 0.875 bits per heavy atom. The van der Waals surface area contributed by atoms with Gasteiger partial charge in [0.2, 0.25) is 22.9 Å². The highest BCUT2D eigenvalue weighted by molar-refractivity contribution is 7.22. The van der Waals surface area contributed by atoms with E-state index in [0.29, 0.717) is 78.4 Å². The number of piperidine rings is 3. The van der Waals surface area contributed by atoms with Crippen LogP contribution in [-0.4, -0.2) is 139 Å². The number of fused-ring (bicyclic) bond motifs is 2. The zero-order valence-corrected chi connectivity index (χ0v) is 52.7. The van der Waals surface area contributed by atoms with Crippen LogP contribution in [0.4, 0.5) is 10.9 Å². The van der Waals surface area contributed by atoms with E-state index in [9.17, 15) is 34.5 Å². The predicted octanol–water partition coefficient (Wildman–Crippen LogP) is 11.1. The number of unbranched alkanes of at least 4 members (excludes halogenated alkanes) is 5. The van der Waals surface area contributed by atoms with Crippen LogP contribution in [0, 0.1) is 28.6 Å². The van der Waals surface area contributed by atoms with Gasteiger partial charge in [0.1, 0.15) is 23.5 Å². The summed E-state index contributed by atoms with van der Waals surface area (Å²) in [7, 11) is 2.21. The van der Waals surface area contributed by atoms with Crippen molar-refractivity contribution in [2.75, 3.05) is 51.3 Å². The van der Waals surface area contributed by atoms with Crippen molar-refractivity contribution in [2.24, 2.45) is 27.0 Å². The molecule has 0 spiro atoms. The lowest BCUT2D eigenvalue weighted by Gasteiger charge is -2.69. The van der Waals surface area contributed by atoms with Crippen molar-refractivity contribution >= 4 is 73.8 Å². The van der Waals surface area contributed by atoms with Crippen LogP contribution in [-0.2, 0) is 32.2 Å². The number of aromatic carboxylic acids is 1. The zero-order chi connectivity index (χ0) is 61.7. The highest BCUT2D eigenvalue weighted by Gasteiger charge is 2.66. The Labute approximate surface area is 520 Å². The van der Waals surface area contributed by atoms with Crippen LogP contribution >= 0.6 is 11.3 Å². The molecule has 3 saturated heterocycles. The third-order valence-corrected chi connectivity index (χ3v) is 21.4. The maximum atomic E-state index is 13.2. The first kappa shape index (κ1) is 61.1. The van der Waals surface area contributed by atoms with Gasteiger partial charge in [-0.25, -0.2) is 19.8 Å². The van der Waals surface area contributed by atoms with Crippen molar-refractivity contribution in [3.63, 3.8) is 0 Å². The SMILES string of the molecule is CC(/C(N)=N/c1nc2ccccc2s1)=C1\CCCN(c2ccc(-c3cnn(CC45CC6(C)CC(C)(C4)CC(OCCN(C)CCCCCCCCC(=O)N4CCC(c7ccc8c(c7)CN(C7CCC(=O)NC7=O)C8=O)CC4)(C6)C5)c3C)c(C(=O)O)n2)C1=N. The Hall–Kier alpha value is -7.16. The van der Waals surface area contributed by atoms with Crippen molar-refractivity contribution in [1.82, 2.24) is 39.8 Å². The number of hydrogen-bond acceptors (Lipinski definition) is 13. The molecule has 2 aromatic carbocycles. The van der Waals surface area contributed by atoms with Gasteiger partial charge in [0.15, 0.2) is 5.69 Å². The number of benzene rings is 2. The summed E-state index contributed by atoms with van der Waals surface area (Å²) in [5, 5.41) is 27.9. The van der Waals surface area contributed by atoms with Crippen molar-refractivity contribution in [2.45, 2.75) is 180 Å². The van der Waals surface area contributed by atoms with E-state index in [0.717, 1.165) is 149 Å². The second kappa shape index (κ2) is 24.7. The number of likely N-dealkylation sites (tertiary alicyclic amines) is 1. The first-order valence-corrected chi connectivity index (χ1v) is 32.9. The molecule has 4 amide bonds. The van der Waals surface area contributed by atoms with E-state index >= 15 is 0 Å². The highest BCUT2D eigenvalue weighted by Crippen LogP contribution is 2.72. The standard InChI is InChI=1S/C68H86N12O7S/c1-43(59(69)75-64-72-52-16-11-12-17-54(52)88-64)48-15-14-28-78(60(48)70)55-23-21-50(58(73-55)63(85)86)51-34-71-80(44(51)2)42-67-37-65(3)36-66(4,38-67)40-68(39-65,41-67)87-32-31-76(5)27-13-9-7-6-8-10-18-57(82)77-29-25-45(26-30-77)46-19-20-49-47(33-46)35-79(62(49)84)53-22-24-56(81)74-61(53)83/h11-12,16-17,19-21,23,33-34,45,53,70H,6-10,13-15,18,22,24-32,35-42H2,1-5H3,(H,85,86)(H2,69,72,75)(H,74,81,83)/b48-43-,70-60?. The van der Waals surface area contributed by atoms with E-state index < -0.39 is 17.9 Å². The first-order valence-electron chi connectivity index (χ1n) is 32.1. The third-order valence-electron chi connectivity index (χ3n) is 20.5. The summed E-state index contributed by atoms with van der Waals surface area (Å²) in [6.45, 7) is 14.6. The van der Waals surface area contributed by atoms with Gasteiger partial charge in [0.05, 0.1) is 28.6 Å². The number of rotatable bonds is 22. The lowest BCUT2D eigenvalue weighted by atomic mass is 9.39. The zero-order valence-electron chi connectivity index (χ0n) is 51.9. The highest BCUT2D eigenvalue weighted by atomic mass is 32.1. The molecule has 4 aliphatic heterocycles. The molecule has 4 bridgehead atoms. The lowest BCUT2D eigenvalue weighted by Crippen LogP contribution is -2.64. The number of carboxylic acids is 1. The molecular weight excluding hydrogens is 1130 g/mol. The van der Waals surface area contributed by atoms with E-state index in [-0.39, 0.29) is 57.5 Å². The average Bonchev–Trinajstić information content (AvgIpc) is 1.99. The second-order valence-corrected chi connectivity index (χ2v) is 28.7. The molecule has 20 heteroatoms. The monoisotopic (exact) mass is 1210 g/mol. The number of thiazole rings is 1. The Morgan fingerprint density at radius 2 is 1.61 bits per heavy atom. The van der Waals surface area contributed by atoms with Crippen LogP contribution in [0.15, 0.2) is 76.9 Å². The predicted molar refractivity (Wildman–Crippen MR) is 341 cm³/mol. The molecule has 19 nitrogen and oxygen atoms in total. The summed E-state index contributed by atoms with van der Waals surface area (Å²) in [6, 6.07) is 16.9. The minimum atomic E-state index is -1.14. The quantitative estimate of drug-likeness (QED) is 0.0218. The number of aromatic nitrogens is 4. The molecular formula is C68H86N12O7S. The maximum absolute atomic E-state index is 13.2. The first-order chi connectivity index (χ1) is 42.2. The number of amidine groups is 2. The van der Waals surface area contributed by atoms with Gasteiger partial charge in [0, 0.05) is 80.1 Å². The third kappa shape index (κ3) is 12.6. The summed E-state index contributed by atoms with van der Waals surface area (Å²) in [4.78, 5) is 85.5. The van der Waals surface area contributed by atoms with Gasteiger partial charge in [-0.3, -0.25) is 34.6 Å². The number of nitrogens with one attached hydrogen (secondary N) is 2. The Balaban J connectivity index is 0.581. The number of carbonyl (C=O) groups is 5. The van der Waals surface area contributed by atoms with Gasteiger partial charge >= 0.3 is 5.97 Å². The molecule has 13 rings (SSSR count). The maximum Gasteiger partial charge on any atom is 0.355 e. The number of nitrogens with two attached hydrogens (primary N) is 1. The largest absolute Gasteiger partial charge is 0.476 e. The molecule has 7 heterocycles. The number of para-hydroxylation sites is 1. The number of amides is 4. The van der Waals surface area contributed by atoms with Gasteiger partial charge in [0.25, 0.3) is 5.91 Å². The summed E-state index contributed by atoms with van der Waals surface area (Å²) < 4.78 is 10.3. The molecule has 0 radical (unpaired) electrons. The number of aliphatic imine (C=N–C) groups is 1. The van der Waals surface area contributed by atoms with Crippen LogP contribution in [0.25, 0.3) is 21.3 Å². The van der Waals surface area contributed by atoms with Crippen molar-refractivity contribution in [3.05, 3.63) is 100 Å². The minimum absolute atomic E-state index is 0.00949. The molecule has 4 aliphatic carbocycles. The van der Waals surface area contributed by atoms with Crippen LogP contribution in [0.1, 0.15) is 186 Å². The van der Waals surface area contributed by atoms with Crippen molar-refractivity contribution in [1.29, 1.82) is 5.41 Å². The van der Waals surface area contributed by atoms with E-state index in [1.165, 1.54) is 29.7 Å². The number of hydrogen-bond donors (Lipinski definition) is 4. The molecule has 5 N–H and O–H groups in total. The van der Waals surface area contributed by atoms with E-state index in [1.54, 1.807) is 16.0 Å². The van der Waals surface area contributed by atoms with Crippen LogP contribution in [0.2, 0.25) is 0 Å². The Kier molecular flexibility index (Phi) is 17.1. The molecule has 3 atom stereocenters. The Bertz CT molecular complexity index is 3580. The van der Waals surface area contributed by atoms with E-state index in [4.69, 9.17) is 20.6 Å². The fourth-order valence-corrected chi connectivity index (χ4v) is 18.2.